The Balaban J connectivity index is 1.51. The number of hydrogen-bond donors (Lipinski definition) is 1. The molecule has 6 nitrogen and oxygen atoms in total. The van der Waals surface area contributed by atoms with Gasteiger partial charge in [-0.1, -0.05) is 53.4 Å². The summed E-state index contributed by atoms with van der Waals surface area (Å²) in [6.45, 7) is 4.08. The molecule has 1 amide bonds. The summed E-state index contributed by atoms with van der Waals surface area (Å²) in [7, 11) is 1.36. The van der Waals surface area contributed by atoms with Gasteiger partial charge in [0.25, 0.3) is 0 Å². The van der Waals surface area contributed by atoms with Gasteiger partial charge in [-0.3, -0.25) is 4.79 Å². The minimum absolute atomic E-state index is 0.112. The van der Waals surface area contributed by atoms with Gasteiger partial charge in [0.05, 0.1) is 19.1 Å². The first-order valence-corrected chi connectivity index (χ1v) is 10.7. The Morgan fingerprint density at radius 1 is 1.03 bits per heavy atom. The van der Waals surface area contributed by atoms with Crippen LogP contribution in [-0.4, -0.2) is 29.2 Å². The average Bonchev–Trinajstić information content (AvgIpc) is 3.16. The molecule has 0 unspecified atom stereocenters. The number of ether oxygens (including phenoxy) is 1. The lowest BCUT2D eigenvalue weighted by Gasteiger charge is -2.05. The maximum Gasteiger partial charge on any atom is 0.337 e. The van der Waals surface area contributed by atoms with Gasteiger partial charge in [0.2, 0.25) is 11.0 Å². The van der Waals surface area contributed by atoms with E-state index in [1.165, 1.54) is 41.3 Å². The van der Waals surface area contributed by atoms with Gasteiger partial charge in [0, 0.05) is 5.75 Å². The van der Waals surface area contributed by atoms with Crippen molar-refractivity contribution in [3.05, 3.63) is 70.3 Å². The highest BCUT2D eigenvalue weighted by Gasteiger charge is 2.11. The monoisotopic (exact) mass is 427 g/mol. The molecule has 3 rings (SSSR count). The van der Waals surface area contributed by atoms with Crippen LogP contribution in [0.2, 0.25) is 0 Å². The maximum absolute atomic E-state index is 12.3. The lowest BCUT2D eigenvalue weighted by molar-refractivity contribution is -0.115. The number of carbonyl (C=O) groups is 2. The number of nitrogens with zero attached hydrogens (tertiary/aromatic N) is 2. The number of aryl methyl sites for hydroxylation is 2. The summed E-state index contributed by atoms with van der Waals surface area (Å²) in [5.74, 6) is 0.223. The Morgan fingerprint density at radius 3 is 2.45 bits per heavy atom. The predicted molar refractivity (Wildman–Crippen MR) is 116 cm³/mol. The molecule has 0 saturated carbocycles. The van der Waals surface area contributed by atoms with Gasteiger partial charge < -0.3 is 10.1 Å². The van der Waals surface area contributed by atoms with E-state index in [9.17, 15) is 9.59 Å². The molecule has 0 atom stereocenters. The van der Waals surface area contributed by atoms with Crippen molar-refractivity contribution < 1.29 is 14.3 Å². The Labute approximate surface area is 177 Å². The van der Waals surface area contributed by atoms with Crippen molar-refractivity contribution in [1.82, 2.24) is 10.2 Å². The molecule has 1 N–H and O–H groups in total. The number of methoxy groups -OCH3 is 1. The molecule has 0 spiro atoms. The molecular formula is C21H21N3O3S2. The number of aromatic nitrogens is 2. The second-order valence-electron chi connectivity index (χ2n) is 6.49. The van der Waals surface area contributed by atoms with Gasteiger partial charge in [0.1, 0.15) is 0 Å². The molecule has 1 heterocycles. The minimum atomic E-state index is -0.352. The highest BCUT2D eigenvalue weighted by Crippen LogP contribution is 2.28. The molecule has 3 aromatic rings. The maximum atomic E-state index is 12.3. The summed E-state index contributed by atoms with van der Waals surface area (Å²) in [6, 6.07) is 13.3. The van der Waals surface area contributed by atoms with E-state index < -0.39 is 0 Å². The van der Waals surface area contributed by atoms with Crippen LogP contribution in [0.1, 0.15) is 32.6 Å². The fraction of sp³-hybridized carbons (Fsp3) is 0.238. The molecule has 29 heavy (non-hydrogen) atoms. The number of hydrogen-bond acceptors (Lipinski definition) is 7. The standard InChI is InChI=1S/C21H21N3O3S2/c1-13-4-5-16(10-14(13)2)11-18(25)22-20-23-24-21(29-20)28-12-15-6-8-17(9-7-15)19(26)27-3/h4-10H,11-12H2,1-3H3,(H,22,23,25). The second-order valence-corrected chi connectivity index (χ2v) is 8.69. The number of carbonyl (C=O) groups excluding carboxylic acids is 2. The van der Waals surface area contributed by atoms with E-state index in [0.29, 0.717) is 22.9 Å². The first kappa shape index (κ1) is 21.0. The zero-order valence-corrected chi connectivity index (χ0v) is 18.0. The van der Waals surface area contributed by atoms with Crippen LogP contribution in [0.4, 0.5) is 5.13 Å². The number of rotatable bonds is 7. The first-order valence-electron chi connectivity index (χ1n) is 8.94. The number of anilines is 1. The van der Waals surface area contributed by atoms with Gasteiger partial charge in [-0.25, -0.2) is 4.79 Å². The fourth-order valence-corrected chi connectivity index (χ4v) is 4.30. The summed E-state index contributed by atoms with van der Waals surface area (Å²) in [5, 5.41) is 11.5. The smallest absolute Gasteiger partial charge is 0.337 e. The molecule has 0 bridgehead atoms. The van der Waals surface area contributed by atoms with E-state index in [1.54, 1.807) is 12.1 Å². The minimum Gasteiger partial charge on any atom is -0.465 e. The van der Waals surface area contributed by atoms with E-state index in [1.807, 2.05) is 44.2 Å². The van der Waals surface area contributed by atoms with Crippen LogP contribution in [0.25, 0.3) is 0 Å². The Kier molecular flexibility index (Phi) is 7.00. The van der Waals surface area contributed by atoms with Gasteiger partial charge in [0.15, 0.2) is 4.34 Å². The van der Waals surface area contributed by atoms with Crippen LogP contribution in [0, 0.1) is 13.8 Å². The number of esters is 1. The van der Waals surface area contributed by atoms with Crippen molar-refractivity contribution >= 4 is 40.1 Å². The van der Waals surface area contributed by atoms with Crippen LogP contribution in [0.15, 0.2) is 46.8 Å². The summed E-state index contributed by atoms with van der Waals surface area (Å²) >= 11 is 2.87. The second kappa shape index (κ2) is 9.67. The molecule has 1 aromatic heterocycles. The molecule has 150 valence electrons. The summed E-state index contributed by atoms with van der Waals surface area (Å²) in [5.41, 5.74) is 4.92. The lowest BCUT2D eigenvalue weighted by atomic mass is 10.0. The van der Waals surface area contributed by atoms with Gasteiger partial charge in [-0.05, 0) is 48.2 Å². The van der Waals surface area contributed by atoms with Crippen LogP contribution in [-0.2, 0) is 21.7 Å². The lowest BCUT2D eigenvalue weighted by Crippen LogP contribution is -2.14. The summed E-state index contributed by atoms with van der Waals surface area (Å²) < 4.78 is 5.46. The third-order valence-corrected chi connectivity index (χ3v) is 6.37. The van der Waals surface area contributed by atoms with Crippen LogP contribution in [0.3, 0.4) is 0 Å². The topological polar surface area (TPSA) is 81.2 Å². The zero-order chi connectivity index (χ0) is 20.8. The van der Waals surface area contributed by atoms with Crippen molar-refractivity contribution in [3.8, 4) is 0 Å². The summed E-state index contributed by atoms with van der Waals surface area (Å²) in [6.07, 6.45) is 0.301. The third-order valence-electron chi connectivity index (χ3n) is 4.33. The highest BCUT2D eigenvalue weighted by atomic mass is 32.2. The molecule has 8 heteroatoms. The van der Waals surface area contributed by atoms with E-state index in [0.717, 1.165) is 15.5 Å². The highest BCUT2D eigenvalue weighted by molar-refractivity contribution is 8.00. The zero-order valence-electron chi connectivity index (χ0n) is 16.4. The number of benzene rings is 2. The molecule has 0 aliphatic rings. The van der Waals surface area contributed by atoms with Crippen LogP contribution < -0.4 is 5.32 Å². The average molecular weight is 428 g/mol. The normalized spacial score (nSPS) is 10.6. The first-order chi connectivity index (χ1) is 13.9. The molecule has 0 saturated heterocycles. The predicted octanol–water partition coefficient (Wildman–Crippen LogP) is 4.42. The van der Waals surface area contributed by atoms with Gasteiger partial charge in [-0.2, -0.15) is 0 Å². The van der Waals surface area contributed by atoms with E-state index in [2.05, 4.69) is 15.5 Å². The molecular weight excluding hydrogens is 406 g/mol. The van der Waals surface area contributed by atoms with E-state index >= 15 is 0 Å². The molecule has 0 aliphatic carbocycles. The van der Waals surface area contributed by atoms with Crippen LogP contribution >= 0.6 is 23.1 Å². The van der Waals surface area contributed by atoms with Crippen molar-refractivity contribution in [2.24, 2.45) is 0 Å². The quantitative estimate of drug-likeness (QED) is 0.342. The van der Waals surface area contributed by atoms with E-state index in [4.69, 9.17) is 4.74 Å². The number of nitrogens with one attached hydrogen (secondary N) is 1. The molecule has 0 aliphatic heterocycles. The van der Waals surface area contributed by atoms with E-state index in [-0.39, 0.29) is 11.9 Å². The summed E-state index contributed by atoms with van der Waals surface area (Å²) in [4.78, 5) is 23.7. The van der Waals surface area contributed by atoms with Crippen molar-refractivity contribution in [3.63, 3.8) is 0 Å². The molecule has 0 radical (unpaired) electrons. The fourth-order valence-electron chi connectivity index (χ4n) is 2.58. The van der Waals surface area contributed by atoms with Gasteiger partial charge >= 0.3 is 5.97 Å². The van der Waals surface area contributed by atoms with Crippen molar-refractivity contribution in [2.75, 3.05) is 12.4 Å². The van der Waals surface area contributed by atoms with Crippen molar-refractivity contribution in [2.45, 2.75) is 30.4 Å². The Morgan fingerprint density at radius 2 is 1.76 bits per heavy atom. The SMILES string of the molecule is COC(=O)c1ccc(CSc2nnc(NC(=O)Cc3ccc(C)c(C)c3)s2)cc1. The third kappa shape index (κ3) is 5.88. The number of thioether (sulfide) groups is 1. The van der Waals surface area contributed by atoms with Crippen molar-refractivity contribution in [1.29, 1.82) is 0 Å². The molecule has 0 fully saturated rings. The Hall–Kier alpha value is -2.71. The van der Waals surface area contributed by atoms with Crippen LogP contribution in [0.5, 0.6) is 0 Å². The number of amides is 1. The Bertz CT molecular complexity index is 1020. The molecule has 2 aromatic carbocycles. The largest absolute Gasteiger partial charge is 0.465 e. The van der Waals surface area contributed by atoms with Gasteiger partial charge in [-0.15, -0.1) is 10.2 Å².